The van der Waals surface area contributed by atoms with Gasteiger partial charge in [-0.2, -0.15) is 0 Å². The van der Waals surface area contributed by atoms with E-state index in [0.29, 0.717) is 13.0 Å². The van der Waals surface area contributed by atoms with Crippen LogP contribution in [0.25, 0.3) is 0 Å². The molecular weight excluding hydrogens is 224 g/mol. The molecule has 2 atom stereocenters. The number of terminal acetylenes is 1. The maximum absolute atomic E-state index is 11.6. The molecule has 1 heterocycles. The third-order valence-corrected chi connectivity index (χ3v) is 2.70. The fraction of sp³-hybridized carbons (Fsp3) is 0.636. The second-order valence-corrected chi connectivity index (χ2v) is 3.92. The van der Waals surface area contributed by atoms with Gasteiger partial charge < -0.3 is 20.5 Å². The second kappa shape index (κ2) is 5.55. The molecule has 0 saturated carbocycles. The van der Waals surface area contributed by atoms with Gasteiger partial charge in [-0.3, -0.25) is 0 Å². The molecule has 1 fully saturated rings. The van der Waals surface area contributed by atoms with Crippen molar-refractivity contribution in [2.75, 3.05) is 13.2 Å². The second-order valence-electron chi connectivity index (χ2n) is 3.92. The van der Waals surface area contributed by atoms with E-state index >= 15 is 0 Å². The molecule has 0 bridgehead atoms. The third kappa shape index (κ3) is 3.11. The van der Waals surface area contributed by atoms with E-state index in [-0.39, 0.29) is 13.0 Å². The zero-order valence-electron chi connectivity index (χ0n) is 9.66. The van der Waals surface area contributed by atoms with Crippen LogP contribution in [0.1, 0.15) is 19.8 Å². The summed E-state index contributed by atoms with van der Waals surface area (Å²) in [6.07, 6.45) is 6.04. The lowest BCUT2D eigenvalue weighted by Gasteiger charge is -2.24. The summed E-state index contributed by atoms with van der Waals surface area (Å²) in [5.41, 5.74) is -1.34. The van der Waals surface area contributed by atoms with E-state index < -0.39 is 23.6 Å². The van der Waals surface area contributed by atoms with Crippen LogP contribution in [-0.4, -0.2) is 41.9 Å². The number of ether oxygens (including phenoxy) is 1. The lowest BCUT2D eigenvalue weighted by Crippen LogP contribution is -2.58. The minimum absolute atomic E-state index is 0.0252. The number of aliphatic carboxylic acids is 1. The quantitative estimate of drug-likeness (QED) is 0.601. The Bertz CT molecular complexity index is 342. The molecule has 17 heavy (non-hydrogen) atoms. The highest BCUT2D eigenvalue weighted by Gasteiger charge is 2.44. The van der Waals surface area contributed by atoms with Crippen molar-refractivity contribution in [2.45, 2.75) is 31.3 Å². The zero-order valence-corrected chi connectivity index (χ0v) is 9.66. The minimum atomic E-state index is -1.34. The molecule has 0 spiro atoms. The zero-order chi connectivity index (χ0) is 12.9. The van der Waals surface area contributed by atoms with Gasteiger partial charge in [0.25, 0.3) is 0 Å². The average Bonchev–Trinajstić information content (AvgIpc) is 2.75. The number of amides is 2. The molecular formula is C11H16N2O4. The van der Waals surface area contributed by atoms with Crippen LogP contribution in [0.15, 0.2) is 0 Å². The van der Waals surface area contributed by atoms with Crippen LogP contribution < -0.4 is 10.6 Å². The molecule has 6 heteroatoms. The van der Waals surface area contributed by atoms with Gasteiger partial charge in [0.15, 0.2) is 5.54 Å². The number of carbonyl (C=O) groups is 2. The van der Waals surface area contributed by atoms with E-state index in [9.17, 15) is 9.59 Å². The van der Waals surface area contributed by atoms with Crippen LogP contribution >= 0.6 is 0 Å². The van der Waals surface area contributed by atoms with Crippen LogP contribution in [0.5, 0.6) is 0 Å². The van der Waals surface area contributed by atoms with Gasteiger partial charge in [-0.25, -0.2) is 9.59 Å². The molecule has 2 unspecified atom stereocenters. The highest BCUT2D eigenvalue weighted by atomic mass is 16.5. The summed E-state index contributed by atoms with van der Waals surface area (Å²) in [6.45, 7) is 2.12. The molecule has 2 amide bonds. The maximum atomic E-state index is 11.6. The highest BCUT2D eigenvalue weighted by Crippen LogP contribution is 2.18. The van der Waals surface area contributed by atoms with E-state index in [1.807, 2.05) is 6.92 Å². The Morgan fingerprint density at radius 2 is 2.35 bits per heavy atom. The fourth-order valence-electron chi connectivity index (χ4n) is 1.56. The van der Waals surface area contributed by atoms with Gasteiger partial charge >= 0.3 is 12.0 Å². The van der Waals surface area contributed by atoms with E-state index in [1.54, 1.807) is 0 Å². The molecule has 94 valence electrons. The normalized spacial score (nSPS) is 24.7. The van der Waals surface area contributed by atoms with Crippen LogP contribution in [0.4, 0.5) is 4.79 Å². The Balaban J connectivity index is 2.60. The first-order valence-corrected chi connectivity index (χ1v) is 5.40. The Morgan fingerprint density at radius 3 is 2.76 bits per heavy atom. The van der Waals surface area contributed by atoms with Gasteiger partial charge in [0.2, 0.25) is 0 Å². The number of rotatable bonds is 4. The number of hydrogen-bond donors (Lipinski definition) is 3. The van der Waals surface area contributed by atoms with Crippen molar-refractivity contribution in [1.29, 1.82) is 0 Å². The van der Waals surface area contributed by atoms with Crippen molar-refractivity contribution < 1.29 is 19.4 Å². The molecule has 1 saturated heterocycles. The summed E-state index contributed by atoms with van der Waals surface area (Å²) in [7, 11) is 0. The summed E-state index contributed by atoms with van der Waals surface area (Å²) in [5, 5.41) is 14.0. The molecule has 1 rings (SSSR count). The Kier molecular flexibility index (Phi) is 4.35. The molecule has 0 aromatic rings. The summed E-state index contributed by atoms with van der Waals surface area (Å²) in [5.74, 6) is 1.30. The number of carboxylic acid groups (broad SMARTS) is 1. The SMILES string of the molecule is C#CC(CC)NC(=O)NC1(C(=O)O)CCOC1. The van der Waals surface area contributed by atoms with Gasteiger partial charge in [0.1, 0.15) is 0 Å². The van der Waals surface area contributed by atoms with E-state index in [4.69, 9.17) is 16.3 Å². The van der Waals surface area contributed by atoms with E-state index in [1.165, 1.54) is 0 Å². The topological polar surface area (TPSA) is 87.7 Å². The molecule has 0 aliphatic carbocycles. The van der Waals surface area contributed by atoms with Gasteiger partial charge in [-0.1, -0.05) is 12.8 Å². The van der Waals surface area contributed by atoms with Crippen LogP contribution in [0.2, 0.25) is 0 Å². The third-order valence-electron chi connectivity index (χ3n) is 2.70. The highest BCUT2D eigenvalue weighted by molar-refractivity contribution is 5.86. The van der Waals surface area contributed by atoms with Crippen LogP contribution in [0, 0.1) is 12.3 Å². The van der Waals surface area contributed by atoms with Gasteiger partial charge in [-0.05, 0) is 6.42 Å². The Hall–Kier alpha value is -1.74. The number of hydrogen-bond acceptors (Lipinski definition) is 3. The first kappa shape index (κ1) is 13.3. The van der Waals surface area contributed by atoms with Crippen molar-refractivity contribution in [3.8, 4) is 12.3 Å². The summed E-state index contributed by atoms with van der Waals surface area (Å²) in [4.78, 5) is 22.7. The van der Waals surface area contributed by atoms with Crippen LogP contribution in [-0.2, 0) is 9.53 Å². The van der Waals surface area contributed by atoms with Gasteiger partial charge in [0, 0.05) is 13.0 Å². The predicted octanol–water partition coefficient (Wildman–Crippen LogP) is -0.0589. The predicted molar refractivity (Wildman–Crippen MR) is 60.4 cm³/mol. The fourth-order valence-corrected chi connectivity index (χ4v) is 1.56. The average molecular weight is 240 g/mol. The van der Waals surface area contributed by atoms with Gasteiger partial charge in [-0.15, -0.1) is 6.42 Å². The lowest BCUT2D eigenvalue weighted by atomic mass is 9.99. The molecule has 0 aromatic carbocycles. The molecule has 3 N–H and O–H groups in total. The van der Waals surface area contributed by atoms with Crippen molar-refractivity contribution >= 4 is 12.0 Å². The lowest BCUT2D eigenvalue weighted by molar-refractivity contribution is -0.144. The van der Waals surface area contributed by atoms with Crippen LogP contribution in [0.3, 0.4) is 0 Å². The van der Waals surface area contributed by atoms with E-state index in [2.05, 4.69) is 16.6 Å². The minimum Gasteiger partial charge on any atom is -0.479 e. The maximum Gasteiger partial charge on any atom is 0.332 e. The molecule has 0 aromatic heterocycles. The summed E-state index contributed by atoms with van der Waals surface area (Å²) >= 11 is 0. The van der Waals surface area contributed by atoms with Gasteiger partial charge in [0.05, 0.1) is 12.6 Å². The monoisotopic (exact) mass is 240 g/mol. The number of carboxylic acids is 1. The number of urea groups is 1. The summed E-state index contributed by atoms with van der Waals surface area (Å²) in [6, 6.07) is -0.981. The van der Waals surface area contributed by atoms with Crippen molar-refractivity contribution in [3.05, 3.63) is 0 Å². The first-order chi connectivity index (χ1) is 8.04. The Labute approximate surface area is 99.7 Å². The van der Waals surface area contributed by atoms with Crippen molar-refractivity contribution in [3.63, 3.8) is 0 Å². The standard InChI is InChI=1S/C11H16N2O4/c1-3-8(4-2)12-10(16)13-11(9(14)15)5-6-17-7-11/h1,8H,4-7H2,2H3,(H,14,15)(H2,12,13,16). The summed E-state index contributed by atoms with van der Waals surface area (Å²) < 4.78 is 5.02. The number of nitrogens with one attached hydrogen (secondary N) is 2. The smallest absolute Gasteiger partial charge is 0.332 e. The Morgan fingerprint density at radius 1 is 1.65 bits per heavy atom. The molecule has 0 radical (unpaired) electrons. The molecule has 6 nitrogen and oxygen atoms in total. The van der Waals surface area contributed by atoms with Crippen molar-refractivity contribution in [1.82, 2.24) is 10.6 Å². The molecule has 1 aliphatic rings. The molecule has 1 aliphatic heterocycles. The number of carbonyl (C=O) groups excluding carboxylic acids is 1. The van der Waals surface area contributed by atoms with E-state index in [0.717, 1.165) is 0 Å². The largest absolute Gasteiger partial charge is 0.479 e. The first-order valence-electron chi connectivity index (χ1n) is 5.40. The van der Waals surface area contributed by atoms with Crippen molar-refractivity contribution in [2.24, 2.45) is 0 Å².